The van der Waals surface area contributed by atoms with Crippen LogP contribution >= 0.6 is 22.6 Å². The molecule has 0 aliphatic heterocycles. The van der Waals surface area contributed by atoms with E-state index >= 15 is 0 Å². The van der Waals surface area contributed by atoms with Crippen molar-refractivity contribution in [3.8, 4) is 0 Å². The topological polar surface area (TPSA) is 12.9 Å². The van der Waals surface area contributed by atoms with Gasteiger partial charge in [0.2, 0.25) is 0 Å². The summed E-state index contributed by atoms with van der Waals surface area (Å²) in [5.41, 5.74) is -1.65. The van der Waals surface area contributed by atoms with Gasteiger partial charge in [-0.05, 0) is 28.7 Å². The molecule has 0 saturated carbocycles. The first-order chi connectivity index (χ1) is 6.32. The summed E-state index contributed by atoms with van der Waals surface area (Å²) in [6, 6.07) is 0.599. The molecule has 0 atom stereocenters. The number of hydrogen-bond donors (Lipinski definition) is 0. The summed E-state index contributed by atoms with van der Waals surface area (Å²) in [5.74, 6) is 0. The number of pyridine rings is 1. The molecule has 14 heavy (non-hydrogen) atoms. The Hall–Kier alpha value is -0.470. The van der Waals surface area contributed by atoms with E-state index in [4.69, 9.17) is 0 Å². The fourth-order valence-corrected chi connectivity index (χ4v) is 1.43. The normalized spacial score (nSPS) is 12.2. The van der Waals surface area contributed by atoms with Gasteiger partial charge in [-0.1, -0.05) is 0 Å². The standard InChI is InChI=1S/C7H3F5IN/c8-6(9)3-2-14-5(1-4(3)13)7(10,11)12/h1-2,6H. The summed E-state index contributed by atoms with van der Waals surface area (Å²) in [6.07, 6.45) is -6.85. The molecule has 0 aliphatic rings. The molecule has 78 valence electrons. The summed E-state index contributed by atoms with van der Waals surface area (Å²) in [4.78, 5) is 2.92. The maximum absolute atomic E-state index is 12.1. The predicted molar refractivity (Wildman–Crippen MR) is 46.9 cm³/mol. The highest BCUT2D eigenvalue weighted by molar-refractivity contribution is 14.1. The van der Waals surface area contributed by atoms with Crippen LogP contribution in [-0.2, 0) is 6.18 Å². The molecular weight excluding hydrogens is 320 g/mol. The Morgan fingerprint density at radius 3 is 2.21 bits per heavy atom. The third-order valence-corrected chi connectivity index (χ3v) is 2.34. The van der Waals surface area contributed by atoms with Gasteiger partial charge < -0.3 is 0 Å². The quantitative estimate of drug-likeness (QED) is 0.568. The summed E-state index contributed by atoms with van der Waals surface area (Å²) < 4.78 is 60.3. The van der Waals surface area contributed by atoms with Crippen molar-refractivity contribution in [1.29, 1.82) is 0 Å². The highest BCUT2D eigenvalue weighted by Gasteiger charge is 2.33. The van der Waals surface area contributed by atoms with Gasteiger partial charge in [0.25, 0.3) is 6.43 Å². The van der Waals surface area contributed by atoms with E-state index in [0.717, 1.165) is 0 Å². The van der Waals surface area contributed by atoms with Crippen molar-refractivity contribution in [2.45, 2.75) is 12.6 Å². The van der Waals surface area contributed by atoms with Crippen molar-refractivity contribution >= 4 is 22.6 Å². The maximum Gasteiger partial charge on any atom is 0.433 e. The molecular formula is C7H3F5IN. The maximum atomic E-state index is 12.1. The minimum Gasteiger partial charge on any atom is -0.251 e. The molecule has 0 N–H and O–H groups in total. The van der Waals surface area contributed by atoms with E-state index in [9.17, 15) is 22.0 Å². The molecule has 0 unspecified atom stereocenters. The lowest BCUT2D eigenvalue weighted by Crippen LogP contribution is -2.09. The zero-order valence-corrected chi connectivity index (χ0v) is 8.60. The van der Waals surface area contributed by atoms with Crippen LogP contribution < -0.4 is 0 Å². The van der Waals surface area contributed by atoms with E-state index < -0.39 is 23.9 Å². The van der Waals surface area contributed by atoms with Gasteiger partial charge in [0, 0.05) is 15.3 Å². The van der Waals surface area contributed by atoms with E-state index in [1.807, 2.05) is 0 Å². The van der Waals surface area contributed by atoms with E-state index in [2.05, 4.69) is 4.98 Å². The molecule has 0 bridgehead atoms. The van der Waals surface area contributed by atoms with Gasteiger partial charge in [-0.15, -0.1) is 0 Å². The monoisotopic (exact) mass is 323 g/mol. The highest BCUT2D eigenvalue weighted by Crippen LogP contribution is 2.31. The van der Waals surface area contributed by atoms with Gasteiger partial charge >= 0.3 is 6.18 Å². The highest BCUT2D eigenvalue weighted by atomic mass is 127. The molecule has 1 aromatic heterocycles. The zero-order valence-electron chi connectivity index (χ0n) is 6.45. The molecule has 0 spiro atoms. The van der Waals surface area contributed by atoms with Gasteiger partial charge in [0.15, 0.2) is 0 Å². The van der Waals surface area contributed by atoms with Crippen molar-refractivity contribution in [2.75, 3.05) is 0 Å². The SMILES string of the molecule is FC(F)c1cnc(C(F)(F)F)cc1I. The van der Waals surface area contributed by atoms with Crippen molar-refractivity contribution in [3.63, 3.8) is 0 Å². The van der Waals surface area contributed by atoms with Gasteiger partial charge in [-0.3, -0.25) is 4.98 Å². The molecule has 1 aromatic rings. The van der Waals surface area contributed by atoms with Crippen LogP contribution in [-0.4, -0.2) is 4.98 Å². The number of hydrogen-bond acceptors (Lipinski definition) is 1. The molecule has 0 aromatic carbocycles. The van der Waals surface area contributed by atoms with Crippen molar-refractivity contribution in [1.82, 2.24) is 4.98 Å². The molecule has 0 aliphatic carbocycles. The first-order valence-corrected chi connectivity index (χ1v) is 4.41. The molecule has 0 radical (unpaired) electrons. The third-order valence-electron chi connectivity index (χ3n) is 1.41. The van der Waals surface area contributed by atoms with Crippen LogP contribution in [0.15, 0.2) is 12.3 Å². The molecule has 1 nitrogen and oxygen atoms in total. The van der Waals surface area contributed by atoms with E-state index in [1.165, 1.54) is 22.6 Å². The summed E-state index contributed by atoms with van der Waals surface area (Å²) in [5, 5.41) is 0. The summed E-state index contributed by atoms with van der Waals surface area (Å²) in [6.45, 7) is 0. The third kappa shape index (κ3) is 2.52. The van der Waals surface area contributed by atoms with E-state index in [0.29, 0.717) is 12.3 Å². The fourth-order valence-electron chi connectivity index (χ4n) is 0.757. The Balaban J connectivity index is 3.13. The second kappa shape index (κ2) is 3.95. The molecule has 0 saturated heterocycles. The summed E-state index contributed by atoms with van der Waals surface area (Å²) in [7, 11) is 0. The molecule has 1 rings (SSSR count). The van der Waals surface area contributed by atoms with Crippen LogP contribution in [0, 0.1) is 3.57 Å². The van der Waals surface area contributed by atoms with Crippen molar-refractivity contribution < 1.29 is 22.0 Å². The number of halogens is 6. The first-order valence-electron chi connectivity index (χ1n) is 3.33. The van der Waals surface area contributed by atoms with Gasteiger partial charge in [-0.2, -0.15) is 13.2 Å². The second-order valence-corrected chi connectivity index (χ2v) is 3.55. The number of rotatable bonds is 1. The van der Waals surface area contributed by atoms with Crippen LogP contribution in [0.2, 0.25) is 0 Å². The van der Waals surface area contributed by atoms with Crippen molar-refractivity contribution in [3.05, 3.63) is 27.1 Å². The molecule has 0 amide bonds. The summed E-state index contributed by atoms with van der Waals surface area (Å²) >= 11 is 1.42. The lowest BCUT2D eigenvalue weighted by atomic mass is 10.2. The number of aromatic nitrogens is 1. The average molecular weight is 323 g/mol. The molecule has 0 fully saturated rings. The average Bonchev–Trinajstić information content (AvgIpc) is 2.01. The fraction of sp³-hybridized carbons (Fsp3) is 0.286. The van der Waals surface area contributed by atoms with Crippen LogP contribution in [0.4, 0.5) is 22.0 Å². The second-order valence-electron chi connectivity index (χ2n) is 2.39. The Kier molecular flexibility index (Phi) is 3.28. The minimum atomic E-state index is -4.60. The Morgan fingerprint density at radius 1 is 1.29 bits per heavy atom. The molecule has 7 heteroatoms. The van der Waals surface area contributed by atoms with Crippen LogP contribution in [0.1, 0.15) is 17.7 Å². The minimum absolute atomic E-state index is 0.139. The van der Waals surface area contributed by atoms with Gasteiger partial charge in [0.05, 0.1) is 0 Å². The Labute approximate surface area is 89.5 Å². The van der Waals surface area contributed by atoms with Crippen LogP contribution in [0.3, 0.4) is 0 Å². The Morgan fingerprint density at radius 2 is 1.86 bits per heavy atom. The first kappa shape index (κ1) is 11.6. The lowest BCUT2D eigenvalue weighted by molar-refractivity contribution is -0.141. The zero-order chi connectivity index (χ0) is 10.9. The number of nitrogens with zero attached hydrogens (tertiary/aromatic N) is 1. The van der Waals surface area contributed by atoms with Gasteiger partial charge in [0.1, 0.15) is 5.69 Å². The largest absolute Gasteiger partial charge is 0.433 e. The van der Waals surface area contributed by atoms with Crippen molar-refractivity contribution in [2.24, 2.45) is 0 Å². The Bertz CT molecular complexity index is 335. The lowest BCUT2D eigenvalue weighted by Gasteiger charge is -2.08. The van der Waals surface area contributed by atoms with Gasteiger partial charge in [-0.25, -0.2) is 8.78 Å². The smallest absolute Gasteiger partial charge is 0.251 e. The number of alkyl halides is 5. The van der Waals surface area contributed by atoms with E-state index in [1.54, 1.807) is 0 Å². The predicted octanol–water partition coefficient (Wildman–Crippen LogP) is 3.64. The molecule has 1 heterocycles. The van der Waals surface area contributed by atoms with Crippen LogP contribution in [0.5, 0.6) is 0 Å². The van der Waals surface area contributed by atoms with Crippen LogP contribution in [0.25, 0.3) is 0 Å². The van der Waals surface area contributed by atoms with E-state index in [-0.39, 0.29) is 3.57 Å².